The lowest BCUT2D eigenvalue weighted by molar-refractivity contribution is -0.0339. The molecule has 0 aromatic rings. The fraction of sp³-hybridized carbons (Fsp3) is 0.810. The van der Waals surface area contributed by atoms with Crippen molar-refractivity contribution < 1.29 is 10.2 Å². The van der Waals surface area contributed by atoms with Crippen LogP contribution in [0.3, 0.4) is 0 Å². The van der Waals surface area contributed by atoms with Crippen molar-refractivity contribution >= 4 is 0 Å². The molecule has 2 N–H and O–H groups in total. The Morgan fingerprint density at radius 2 is 1.78 bits per heavy atom. The third-order valence-electron chi connectivity index (χ3n) is 8.17. The predicted octanol–water partition coefficient (Wildman–Crippen LogP) is 4.23. The molecule has 0 spiro atoms. The first kappa shape index (κ1) is 15.9. The van der Waals surface area contributed by atoms with E-state index >= 15 is 0 Å². The van der Waals surface area contributed by atoms with Crippen LogP contribution in [0.25, 0.3) is 0 Å². The molecule has 2 fully saturated rings. The van der Waals surface area contributed by atoms with Crippen LogP contribution in [0.1, 0.15) is 65.7 Å². The van der Waals surface area contributed by atoms with Crippen LogP contribution >= 0.6 is 0 Å². The number of rotatable bonds is 1. The Balaban J connectivity index is 1.66. The summed E-state index contributed by atoms with van der Waals surface area (Å²) in [4.78, 5) is 0. The van der Waals surface area contributed by atoms with Crippen molar-refractivity contribution in [2.45, 2.75) is 77.9 Å². The lowest BCUT2D eigenvalue weighted by Crippen LogP contribution is -2.50. The minimum Gasteiger partial charge on any atom is -0.393 e. The average Bonchev–Trinajstić information content (AvgIpc) is 2.85. The van der Waals surface area contributed by atoms with E-state index in [1.165, 1.54) is 24.8 Å². The van der Waals surface area contributed by atoms with Crippen LogP contribution in [-0.2, 0) is 0 Å². The van der Waals surface area contributed by atoms with E-state index in [9.17, 15) is 10.2 Å². The van der Waals surface area contributed by atoms with Gasteiger partial charge in [-0.3, -0.25) is 0 Å². The zero-order valence-corrected chi connectivity index (χ0v) is 14.9. The van der Waals surface area contributed by atoms with Gasteiger partial charge < -0.3 is 10.2 Å². The number of fused-ring (bicyclic) bond motifs is 5. The molecule has 0 saturated heterocycles. The average molecular weight is 316 g/mol. The van der Waals surface area contributed by atoms with Gasteiger partial charge in [0.25, 0.3) is 0 Å². The molecule has 4 aliphatic rings. The lowest BCUT2D eigenvalue weighted by atomic mass is 9.47. The molecule has 0 aliphatic heterocycles. The van der Waals surface area contributed by atoms with Gasteiger partial charge in [-0.25, -0.2) is 0 Å². The van der Waals surface area contributed by atoms with E-state index in [4.69, 9.17) is 0 Å². The molecule has 23 heavy (non-hydrogen) atoms. The molecule has 4 rings (SSSR count). The summed E-state index contributed by atoms with van der Waals surface area (Å²) in [6.07, 6.45) is 12.3. The molecule has 0 aromatic heterocycles. The van der Waals surface area contributed by atoms with Gasteiger partial charge in [0.15, 0.2) is 0 Å². The quantitative estimate of drug-likeness (QED) is 0.711. The van der Waals surface area contributed by atoms with E-state index in [0.717, 1.165) is 37.5 Å². The van der Waals surface area contributed by atoms with E-state index < -0.39 is 0 Å². The van der Waals surface area contributed by atoms with Gasteiger partial charge in [-0.1, -0.05) is 31.6 Å². The highest BCUT2D eigenvalue weighted by Gasteiger charge is 2.56. The second-order valence-electron chi connectivity index (χ2n) is 9.18. The Labute approximate surface area is 140 Å². The second kappa shape index (κ2) is 5.20. The molecule has 2 saturated carbocycles. The van der Waals surface area contributed by atoms with Gasteiger partial charge in [-0.2, -0.15) is 0 Å². The number of hydrogen-bond acceptors (Lipinski definition) is 2. The molecule has 2 nitrogen and oxygen atoms in total. The zero-order valence-electron chi connectivity index (χ0n) is 14.9. The van der Waals surface area contributed by atoms with Crippen LogP contribution in [0.5, 0.6) is 0 Å². The van der Waals surface area contributed by atoms with E-state index in [1.807, 2.05) is 6.92 Å². The topological polar surface area (TPSA) is 40.5 Å². The molecule has 0 unspecified atom stereocenters. The Hall–Kier alpha value is -0.600. The molecule has 128 valence electrons. The monoisotopic (exact) mass is 316 g/mol. The van der Waals surface area contributed by atoms with Crippen molar-refractivity contribution in [3.63, 3.8) is 0 Å². The number of hydrogen-bond donors (Lipinski definition) is 2. The molecule has 0 heterocycles. The maximum Gasteiger partial charge on any atom is 0.0727 e. The first-order valence-corrected chi connectivity index (χ1v) is 9.62. The number of aliphatic hydroxyl groups is 2. The number of allylic oxidation sites excluding steroid dienone is 2. The van der Waals surface area contributed by atoms with Gasteiger partial charge in [0, 0.05) is 0 Å². The third kappa shape index (κ3) is 2.14. The molecular weight excluding hydrogens is 284 g/mol. The van der Waals surface area contributed by atoms with Gasteiger partial charge in [0.2, 0.25) is 0 Å². The second-order valence-corrected chi connectivity index (χ2v) is 9.18. The summed E-state index contributed by atoms with van der Waals surface area (Å²) in [5.41, 5.74) is 3.38. The molecule has 0 amide bonds. The maximum atomic E-state index is 10.2. The summed E-state index contributed by atoms with van der Waals surface area (Å²) in [6, 6.07) is 0. The van der Waals surface area contributed by atoms with E-state index in [1.54, 1.807) is 5.57 Å². The smallest absolute Gasteiger partial charge is 0.0727 e. The lowest BCUT2D eigenvalue weighted by Gasteiger charge is -2.58. The molecule has 7 atom stereocenters. The summed E-state index contributed by atoms with van der Waals surface area (Å²) >= 11 is 0. The Morgan fingerprint density at radius 3 is 2.52 bits per heavy atom. The summed E-state index contributed by atoms with van der Waals surface area (Å²) in [5.74, 6) is 2.23. The summed E-state index contributed by atoms with van der Waals surface area (Å²) in [5, 5.41) is 20.3. The van der Waals surface area contributed by atoms with Crippen LogP contribution in [0.2, 0.25) is 0 Å². The molecular formula is C21H32O2. The van der Waals surface area contributed by atoms with Crippen molar-refractivity contribution in [2.75, 3.05) is 0 Å². The highest BCUT2D eigenvalue weighted by atomic mass is 16.3. The summed E-state index contributed by atoms with van der Waals surface area (Å²) in [7, 11) is 0. The Morgan fingerprint density at radius 1 is 1.04 bits per heavy atom. The number of aliphatic hydroxyl groups excluding tert-OH is 2. The van der Waals surface area contributed by atoms with Gasteiger partial charge in [0.1, 0.15) is 0 Å². The maximum absolute atomic E-state index is 10.2. The largest absolute Gasteiger partial charge is 0.393 e. The molecule has 2 heteroatoms. The highest BCUT2D eigenvalue weighted by molar-refractivity contribution is 5.31. The summed E-state index contributed by atoms with van der Waals surface area (Å²) < 4.78 is 0. The first-order valence-electron chi connectivity index (χ1n) is 9.62. The van der Waals surface area contributed by atoms with Crippen molar-refractivity contribution in [3.8, 4) is 0 Å². The van der Waals surface area contributed by atoms with Crippen LogP contribution < -0.4 is 0 Å². The van der Waals surface area contributed by atoms with Crippen molar-refractivity contribution in [2.24, 2.45) is 28.6 Å². The van der Waals surface area contributed by atoms with Crippen LogP contribution in [0, 0.1) is 28.6 Å². The van der Waals surface area contributed by atoms with Gasteiger partial charge in [-0.05, 0) is 86.0 Å². The predicted molar refractivity (Wildman–Crippen MR) is 92.9 cm³/mol. The van der Waals surface area contributed by atoms with Crippen molar-refractivity contribution in [1.82, 2.24) is 0 Å². The standard InChI is InChI=1S/C21H32O2/c1-13(22)17-6-7-18-16-5-4-14-12-15(23)8-10-20(14,2)19(16)9-11-21(17,18)3/h4,6,13,15-16,18-19,22-23H,5,7-12H2,1-3H3/t13-,15+,16+,18+,19+,20+,21-/m1/s1. The minimum atomic E-state index is -0.295. The highest BCUT2D eigenvalue weighted by Crippen LogP contribution is 2.65. The Kier molecular flexibility index (Phi) is 3.59. The molecule has 0 bridgehead atoms. The first-order chi connectivity index (χ1) is 10.9. The van der Waals surface area contributed by atoms with Crippen molar-refractivity contribution in [3.05, 3.63) is 23.3 Å². The SMILES string of the molecule is C[C@@H](O)C1=CC[C@H]2[C@@H]3CC=C4C[C@@H](O)CC[C@]4(C)[C@H]3CC[C@]12C. The molecule has 4 aliphatic carbocycles. The van der Waals surface area contributed by atoms with E-state index in [0.29, 0.717) is 11.3 Å². The normalized spacial score (nSPS) is 50.3. The third-order valence-corrected chi connectivity index (χ3v) is 8.17. The fourth-order valence-corrected chi connectivity index (χ4v) is 6.89. The molecule has 0 aromatic carbocycles. The minimum absolute atomic E-state index is 0.116. The Bertz CT molecular complexity index is 560. The van der Waals surface area contributed by atoms with Crippen LogP contribution in [0.15, 0.2) is 23.3 Å². The van der Waals surface area contributed by atoms with E-state index in [2.05, 4.69) is 26.0 Å². The van der Waals surface area contributed by atoms with Crippen LogP contribution in [-0.4, -0.2) is 22.4 Å². The van der Waals surface area contributed by atoms with E-state index in [-0.39, 0.29) is 17.6 Å². The van der Waals surface area contributed by atoms with Gasteiger partial charge >= 0.3 is 0 Å². The van der Waals surface area contributed by atoms with Gasteiger partial charge in [-0.15, -0.1) is 0 Å². The van der Waals surface area contributed by atoms with Crippen LogP contribution in [0.4, 0.5) is 0 Å². The van der Waals surface area contributed by atoms with Crippen molar-refractivity contribution in [1.29, 1.82) is 0 Å². The van der Waals surface area contributed by atoms with Gasteiger partial charge in [0.05, 0.1) is 12.2 Å². The fourth-order valence-electron chi connectivity index (χ4n) is 6.89. The molecule has 0 radical (unpaired) electrons. The zero-order chi connectivity index (χ0) is 16.4. The summed E-state index contributed by atoms with van der Waals surface area (Å²) in [6.45, 7) is 6.82.